The molecular formula is C17H17ClN2O2. The van der Waals surface area contributed by atoms with E-state index >= 15 is 0 Å². The van der Waals surface area contributed by atoms with Gasteiger partial charge in [-0.2, -0.15) is 0 Å². The maximum atomic E-state index is 12.0. The number of anilines is 1. The van der Waals surface area contributed by atoms with Crippen LogP contribution in [-0.4, -0.2) is 11.8 Å². The molecule has 0 aromatic heterocycles. The van der Waals surface area contributed by atoms with Gasteiger partial charge in [0.1, 0.15) is 0 Å². The standard InChI is InChI=1S/C17H17ClN2O2/c1-11-8-9-14(18)10-15(11)20-17(22)16(21)19-12(2)13-6-4-3-5-7-13/h3-10,12H,1-2H3,(H,19,21)(H,20,22)/t12-/m1/s1. The van der Waals surface area contributed by atoms with E-state index in [0.717, 1.165) is 11.1 Å². The average molecular weight is 317 g/mol. The quantitative estimate of drug-likeness (QED) is 0.852. The fourth-order valence-corrected chi connectivity index (χ4v) is 2.17. The number of hydrogen-bond donors (Lipinski definition) is 2. The molecule has 0 saturated carbocycles. The summed E-state index contributed by atoms with van der Waals surface area (Å²) in [6.07, 6.45) is 0. The molecule has 114 valence electrons. The van der Waals surface area contributed by atoms with Crippen molar-refractivity contribution >= 4 is 29.1 Å². The second-order valence-corrected chi connectivity index (χ2v) is 5.46. The van der Waals surface area contributed by atoms with Crippen LogP contribution in [0.15, 0.2) is 48.5 Å². The van der Waals surface area contributed by atoms with E-state index in [4.69, 9.17) is 11.6 Å². The van der Waals surface area contributed by atoms with Crippen LogP contribution in [0.25, 0.3) is 0 Å². The molecule has 0 bridgehead atoms. The molecule has 5 heteroatoms. The van der Waals surface area contributed by atoms with Gasteiger partial charge in [-0.25, -0.2) is 0 Å². The summed E-state index contributed by atoms with van der Waals surface area (Å²) in [5.41, 5.74) is 2.30. The first-order valence-electron chi connectivity index (χ1n) is 6.90. The molecular weight excluding hydrogens is 300 g/mol. The summed E-state index contributed by atoms with van der Waals surface area (Å²) in [7, 11) is 0. The van der Waals surface area contributed by atoms with Crippen molar-refractivity contribution in [3.63, 3.8) is 0 Å². The van der Waals surface area contributed by atoms with Gasteiger partial charge in [0.05, 0.1) is 6.04 Å². The minimum Gasteiger partial charge on any atom is -0.341 e. The van der Waals surface area contributed by atoms with E-state index < -0.39 is 11.8 Å². The van der Waals surface area contributed by atoms with Gasteiger partial charge < -0.3 is 10.6 Å². The fraction of sp³-hybridized carbons (Fsp3) is 0.176. The Hall–Kier alpha value is -2.33. The first-order chi connectivity index (χ1) is 10.5. The SMILES string of the molecule is Cc1ccc(Cl)cc1NC(=O)C(=O)N[C@H](C)c1ccccc1. The number of aryl methyl sites for hydroxylation is 1. The van der Waals surface area contributed by atoms with Crippen LogP contribution >= 0.6 is 11.6 Å². The Balaban J connectivity index is 2.01. The van der Waals surface area contributed by atoms with Crippen LogP contribution in [0.3, 0.4) is 0 Å². The van der Waals surface area contributed by atoms with Crippen LogP contribution in [0.5, 0.6) is 0 Å². The Bertz CT molecular complexity index is 686. The zero-order valence-corrected chi connectivity index (χ0v) is 13.1. The summed E-state index contributed by atoms with van der Waals surface area (Å²) in [6, 6.07) is 14.3. The molecule has 0 spiro atoms. The molecule has 0 unspecified atom stereocenters. The average Bonchev–Trinajstić information content (AvgIpc) is 2.51. The van der Waals surface area contributed by atoms with Crippen molar-refractivity contribution in [3.05, 3.63) is 64.7 Å². The molecule has 0 aliphatic carbocycles. The van der Waals surface area contributed by atoms with Crippen molar-refractivity contribution in [2.45, 2.75) is 19.9 Å². The third kappa shape index (κ3) is 4.09. The number of carbonyl (C=O) groups excluding carboxylic acids is 2. The number of carbonyl (C=O) groups is 2. The maximum Gasteiger partial charge on any atom is 0.313 e. The lowest BCUT2D eigenvalue weighted by molar-refractivity contribution is -0.136. The molecule has 2 N–H and O–H groups in total. The van der Waals surface area contributed by atoms with Crippen molar-refractivity contribution in [2.24, 2.45) is 0 Å². The molecule has 1 atom stereocenters. The molecule has 0 fully saturated rings. The molecule has 2 aromatic rings. The van der Waals surface area contributed by atoms with E-state index in [1.807, 2.05) is 44.2 Å². The summed E-state index contributed by atoms with van der Waals surface area (Å²) in [6.45, 7) is 3.65. The molecule has 0 aliphatic rings. The third-order valence-electron chi connectivity index (χ3n) is 3.30. The zero-order chi connectivity index (χ0) is 16.1. The minimum atomic E-state index is -0.715. The van der Waals surface area contributed by atoms with Crippen LogP contribution in [-0.2, 0) is 9.59 Å². The smallest absolute Gasteiger partial charge is 0.313 e. The van der Waals surface area contributed by atoms with Crippen molar-refractivity contribution in [1.82, 2.24) is 5.32 Å². The lowest BCUT2D eigenvalue weighted by atomic mass is 10.1. The summed E-state index contributed by atoms with van der Waals surface area (Å²) in [4.78, 5) is 23.9. The van der Waals surface area contributed by atoms with Gasteiger partial charge in [-0.3, -0.25) is 9.59 Å². The first kappa shape index (κ1) is 16.0. The van der Waals surface area contributed by atoms with Crippen molar-refractivity contribution in [1.29, 1.82) is 0 Å². The van der Waals surface area contributed by atoms with Gasteiger partial charge in [0.25, 0.3) is 0 Å². The molecule has 2 amide bonds. The fourth-order valence-electron chi connectivity index (χ4n) is 2.00. The third-order valence-corrected chi connectivity index (χ3v) is 3.54. The predicted molar refractivity (Wildman–Crippen MR) is 87.8 cm³/mol. The van der Waals surface area contributed by atoms with Crippen molar-refractivity contribution < 1.29 is 9.59 Å². The highest BCUT2D eigenvalue weighted by molar-refractivity contribution is 6.40. The Morgan fingerprint density at radius 3 is 2.41 bits per heavy atom. The van der Waals surface area contributed by atoms with E-state index in [1.54, 1.807) is 18.2 Å². The molecule has 22 heavy (non-hydrogen) atoms. The summed E-state index contributed by atoms with van der Waals surface area (Å²) < 4.78 is 0. The normalized spacial score (nSPS) is 11.6. The molecule has 2 aromatic carbocycles. The van der Waals surface area contributed by atoms with Crippen LogP contribution in [0, 0.1) is 6.92 Å². The van der Waals surface area contributed by atoms with Crippen molar-refractivity contribution in [3.8, 4) is 0 Å². The zero-order valence-electron chi connectivity index (χ0n) is 12.4. The molecule has 0 radical (unpaired) electrons. The van der Waals surface area contributed by atoms with E-state index in [9.17, 15) is 9.59 Å². The Morgan fingerprint density at radius 1 is 1.05 bits per heavy atom. The number of nitrogens with one attached hydrogen (secondary N) is 2. The minimum absolute atomic E-state index is 0.250. The molecule has 0 saturated heterocycles. The highest BCUT2D eigenvalue weighted by atomic mass is 35.5. The van der Waals surface area contributed by atoms with E-state index in [-0.39, 0.29) is 6.04 Å². The number of amides is 2. The second-order valence-electron chi connectivity index (χ2n) is 5.02. The largest absolute Gasteiger partial charge is 0.341 e. The molecule has 2 rings (SSSR count). The summed E-state index contributed by atoms with van der Waals surface area (Å²) in [5, 5.41) is 5.74. The van der Waals surface area contributed by atoms with Gasteiger partial charge in [0, 0.05) is 10.7 Å². The number of rotatable bonds is 3. The van der Waals surface area contributed by atoms with Gasteiger partial charge in [-0.05, 0) is 37.1 Å². The maximum absolute atomic E-state index is 12.0. The lowest BCUT2D eigenvalue weighted by Crippen LogP contribution is -2.37. The Kier molecular flexibility index (Phi) is 5.17. The monoisotopic (exact) mass is 316 g/mol. The highest BCUT2D eigenvalue weighted by Crippen LogP contribution is 2.20. The first-order valence-corrected chi connectivity index (χ1v) is 7.28. The summed E-state index contributed by atoms with van der Waals surface area (Å²) in [5.74, 6) is -1.40. The van der Waals surface area contributed by atoms with Gasteiger partial charge in [-0.15, -0.1) is 0 Å². The van der Waals surface area contributed by atoms with E-state index in [1.165, 1.54) is 0 Å². The predicted octanol–water partition coefficient (Wildman–Crippen LogP) is 3.46. The van der Waals surface area contributed by atoms with Gasteiger partial charge >= 0.3 is 11.8 Å². The van der Waals surface area contributed by atoms with Crippen molar-refractivity contribution in [2.75, 3.05) is 5.32 Å². The molecule has 4 nitrogen and oxygen atoms in total. The number of halogens is 1. The Labute approximate surface area is 134 Å². The second kappa shape index (κ2) is 7.09. The topological polar surface area (TPSA) is 58.2 Å². The van der Waals surface area contributed by atoms with Gasteiger partial charge in [0.15, 0.2) is 0 Å². The molecule has 0 aliphatic heterocycles. The van der Waals surface area contributed by atoms with Crippen LogP contribution in [0.1, 0.15) is 24.1 Å². The van der Waals surface area contributed by atoms with E-state index in [2.05, 4.69) is 10.6 Å². The summed E-state index contributed by atoms with van der Waals surface area (Å²) >= 11 is 5.89. The lowest BCUT2D eigenvalue weighted by Gasteiger charge is -2.14. The van der Waals surface area contributed by atoms with Gasteiger partial charge in [-0.1, -0.05) is 48.0 Å². The van der Waals surface area contributed by atoms with E-state index in [0.29, 0.717) is 10.7 Å². The number of hydrogen-bond acceptors (Lipinski definition) is 2. The van der Waals surface area contributed by atoms with Crippen LogP contribution in [0.4, 0.5) is 5.69 Å². The van der Waals surface area contributed by atoms with Gasteiger partial charge in [0.2, 0.25) is 0 Å². The number of benzene rings is 2. The van der Waals surface area contributed by atoms with Crippen LogP contribution < -0.4 is 10.6 Å². The van der Waals surface area contributed by atoms with Crippen LogP contribution in [0.2, 0.25) is 5.02 Å². The Morgan fingerprint density at radius 2 is 1.73 bits per heavy atom. The molecule has 0 heterocycles. The highest BCUT2D eigenvalue weighted by Gasteiger charge is 2.17.